The number of aliphatic carboxylic acids is 1. The van der Waals surface area contributed by atoms with Gasteiger partial charge in [-0.2, -0.15) is 0 Å². The van der Waals surface area contributed by atoms with Gasteiger partial charge >= 0.3 is 11.9 Å². The summed E-state index contributed by atoms with van der Waals surface area (Å²) in [5.41, 5.74) is -1.25. The van der Waals surface area contributed by atoms with Gasteiger partial charge in [0.25, 0.3) is 0 Å². The Labute approximate surface area is 127 Å². The number of esters is 1. The average molecular weight is 343 g/mol. The lowest BCUT2D eigenvalue weighted by molar-refractivity contribution is -0.162. The van der Waals surface area contributed by atoms with Crippen LogP contribution >= 0.6 is 15.9 Å². The molecule has 1 aromatic carbocycles. The Kier molecular flexibility index (Phi) is 5.74. The van der Waals surface area contributed by atoms with Gasteiger partial charge in [-0.25, -0.2) is 0 Å². The Hall–Kier alpha value is -1.36. The molecule has 0 heterocycles. The number of hydrogen-bond donors (Lipinski definition) is 1. The third-order valence-corrected chi connectivity index (χ3v) is 3.73. The average Bonchev–Trinajstić information content (AvgIpc) is 2.36. The number of benzene rings is 1. The summed E-state index contributed by atoms with van der Waals surface area (Å²) >= 11 is 3.34. The molecule has 1 N–H and O–H groups in total. The van der Waals surface area contributed by atoms with Crippen LogP contribution in [0.3, 0.4) is 0 Å². The van der Waals surface area contributed by atoms with E-state index in [4.69, 9.17) is 4.74 Å². The van der Waals surface area contributed by atoms with Crippen LogP contribution in [-0.2, 0) is 19.7 Å². The molecule has 0 aliphatic heterocycles. The fraction of sp³-hybridized carbons (Fsp3) is 0.467. The van der Waals surface area contributed by atoms with Crippen molar-refractivity contribution in [2.75, 3.05) is 6.61 Å². The van der Waals surface area contributed by atoms with Crippen molar-refractivity contribution in [2.45, 2.75) is 32.6 Å². The van der Waals surface area contributed by atoms with Gasteiger partial charge in [-0.15, -0.1) is 0 Å². The highest BCUT2D eigenvalue weighted by atomic mass is 79.9. The quantitative estimate of drug-likeness (QED) is 0.635. The van der Waals surface area contributed by atoms with E-state index in [0.29, 0.717) is 10.0 Å². The smallest absolute Gasteiger partial charge is 0.328 e. The van der Waals surface area contributed by atoms with Gasteiger partial charge in [-0.1, -0.05) is 48.0 Å². The molecular formula is C15H19BrO4. The van der Waals surface area contributed by atoms with Crippen LogP contribution in [0, 0.1) is 5.92 Å². The van der Waals surface area contributed by atoms with E-state index >= 15 is 0 Å². The molecule has 0 saturated carbocycles. The van der Waals surface area contributed by atoms with Crippen LogP contribution in [0.25, 0.3) is 0 Å². The summed E-state index contributed by atoms with van der Waals surface area (Å²) in [5, 5.41) is 9.73. The Bertz CT molecular complexity index is 498. The van der Waals surface area contributed by atoms with Crippen LogP contribution in [0.15, 0.2) is 28.7 Å². The summed E-state index contributed by atoms with van der Waals surface area (Å²) in [4.78, 5) is 24.3. The van der Waals surface area contributed by atoms with E-state index in [1.807, 2.05) is 13.8 Å². The molecule has 0 aromatic heterocycles. The maximum Gasteiger partial charge on any atom is 0.328 e. The molecule has 20 heavy (non-hydrogen) atoms. The first-order valence-corrected chi connectivity index (χ1v) is 7.31. The molecule has 0 spiro atoms. The number of carboxylic acids is 1. The standard InChI is InChI=1S/C15H19BrO4/c1-4-20-14(19)15(13(17)18,9-10(2)3)11-7-5-6-8-12(11)16/h5-8,10H,4,9H2,1-3H3,(H,17,18). The number of carbonyl (C=O) groups is 2. The van der Waals surface area contributed by atoms with Gasteiger partial charge in [-0.05, 0) is 30.9 Å². The molecule has 1 unspecified atom stereocenters. The molecule has 1 aromatic rings. The molecular weight excluding hydrogens is 324 g/mol. The molecule has 0 bridgehead atoms. The van der Waals surface area contributed by atoms with Crippen LogP contribution in [0.4, 0.5) is 0 Å². The molecule has 110 valence electrons. The van der Waals surface area contributed by atoms with Crippen LogP contribution < -0.4 is 0 Å². The topological polar surface area (TPSA) is 63.6 Å². The number of halogens is 1. The van der Waals surface area contributed by atoms with E-state index < -0.39 is 17.4 Å². The molecule has 5 heteroatoms. The summed E-state index contributed by atoms with van der Waals surface area (Å²) in [6, 6.07) is 6.88. The molecule has 0 aliphatic carbocycles. The van der Waals surface area contributed by atoms with Gasteiger partial charge in [-0.3, -0.25) is 9.59 Å². The van der Waals surface area contributed by atoms with Gasteiger partial charge in [0.1, 0.15) is 0 Å². The van der Waals surface area contributed by atoms with Gasteiger partial charge < -0.3 is 9.84 Å². The predicted molar refractivity (Wildman–Crippen MR) is 79.5 cm³/mol. The van der Waals surface area contributed by atoms with E-state index in [-0.39, 0.29) is 18.9 Å². The molecule has 0 aliphatic rings. The van der Waals surface area contributed by atoms with Crippen LogP contribution in [0.2, 0.25) is 0 Å². The second kappa shape index (κ2) is 6.88. The van der Waals surface area contributed by atoms with Crippen molar-refractivity contribution in [3.63, 3.8) is 0 Å². The van der Waals surface area contributed by atoms with Crippen molar-refractivity contribution >= 4 is 27.9 Å². The zero-order chi connectivity index (χ0) is 15.3. The van der Waals surface area contributed by atoms with Crippen molar-refractivity contribution in [1.82, 2.24) is 0 Å². The molecule has 0 radical (unpaired) electrons. The van der Waals surface area contributed by atoms with Crippen LogP contribution in [0.5, 0.6) is 0 Å². The van der Waals surface area contributed by atoms with Gasteiger partial charge in [0, 0.05) is 4.47 Å². The van der Waals surface area contributed by atoms with Gasteiger partial charge in [0.05, 0.1) is 6.61 Å². The van der Waals surface area contributed by atoms with Gasteiger partial charge in [0.2, 0.25) is 0 Å². The SMILES string of the molecule is CCOC(=O)C(CC(C)C)(C(=O)O)c1ccccc1Br. The Morgan fingerprint density at radius 1 is 1.35 bits per heavy atom. The maximum atomic E-state index is 12.4. The summed E-state index contributed by atoms with van der Waals surface area (Å²) < 4.78 is 5.63. The van der Waals surface area contributed by atoms with E-state index in [0.717, 1.165) is 0 Å². The van der Waals surface area contributed by atoms with Crippen molar-refractivity contribution < 1.29 is 19.4 Å². The summed E-state index contributed by atoms with van der Waals surface area (Å²) in [6.45, 7) is 5.58. The normalized spacial score (nSPS) is 13.8. The number of ether oxygens (including phenoxy) is 1. The first-order valence-electron chi connectivity index (χ1n) is 6.51. The summed E-state index contributed by atoms with van der Waals surface area (Å²) in [6.07, 6.45) is 0.184. The fourth-order valence-electron chi connectivity index (χ4n) is 2.27. The van der Waals surface area contributed by atoms with Crippen molar-refractivity contribution in [3.8, 4) is 0 Å². The molecule has 0 fully saturated rings. The number of rotatable bonds is 6. The predicted octanol–water partition coefficient (Wildman–Crippen LogP) is 3.38. The van der Waals surface area contributed by atoms with E-state index in [1.54, 1.807) is 31.2 Å². The lowest BCUT2D eigenvalue weighted by Crippen LogP contribution is -2.46. The van der Waals surface area contributed by atoms with Gasteiger partial charge in [0.15, 0.2) is 5.41 Å². The van der Waals surface area contributed by atoms with E-state index in [2.05, 4.69) is 15.9 Å². The fourth-order valence-corrected chi connectivity index (χ4v) is 2.89. The first-order chi connectivity index (χ1) is 9.36. The minimum Gasteiger partial charge on any atom is -0.480 e. The third kappa shape index (κ3) is 3.20. The molecule has 1 atom stereocenters. The summed E-state index contributed by atoms with van der Waals surface area (Å²) in [5.74, 6) is -1.87. The van der Waals surface area contributed by atoms with Crippen molar-refractivity contribution in [2.24, 2.45) is 5.92 Å². The molecule has 4 nitrogen and oxygen atoms in total. The number of carboxylic acid groups (broad SMARTS) is 1. The number of hydrogen-bond acceptors (Lipinski definition) is 3. The maximum absolute atomic E-state index is 12.4. The highest BCUT2D eigenvalue weighted by Crippen LogP contribution is 2.37. The third-order valence-electron chi connectivity index (χ3n) is 3.04. The molecule has 0 saturated heterocycles. The first kappa shape index (κ1) is 16.7. The zero-order valence-electron chi connectivity index (χ0n) is 11.9. The highest BCUT2D eigenvalue weighted by molar-refractivity contribution is 9.10. The number of carbonyl (C=O) groups excluding carboxylic acids is 1. The minimum absolute atomic E-state index is 0.0302. The van der Waals surface area contributed by atoms with E-state index in [9.17, 15) is 14.7 Å². The lowest BCUT2D eigenvalue weighted by atomic mass is 9.74. The minimum atomic E-state index is -1.68. The monoisotopic (exact) mass is 342 g/mol. The second-order valence-electron chi connectivity index (χ2n) is 5.01. The van der Waals surface area contributed by atoms with Crippen LogP contribution in [0.1, 0.15) is 32.8 Å². The lowest BCUT2D eigenvalue weighted by Gasteiger charge is -2.30. The van der Waals surface area contributed by atoms with Crippen LogP contribution in [-0.4, -0.2) is 23.7 Å². The van der Waals surface area contributed by atoms with Crippen molar-refractivity contribution in [3.05, 3.63) is 34.3 Å². The summed E-state index contributed by atoms with van der Waals surface area (Å²) in [7, 11) is 0. The highest BCUT2D eigenvalue weighted by Gasteiger charge is 2.50. The second-order valence-corrected chi connectivity index (χ2v) is 5.86. The van der Waals surface area contributed by atoms with E-state index in [1.165, 1.54) is 0 Å². The zero-order valence-corrected chi connectivity index (χ0v) is 13.4. The largest absolute Gasteiger partial charge is 0.480 e. The van der Waals surface area contributed by atoms with Crippen molar-refractivity contribution in [1.29, 1.82) is 0 Å². The molecule has 1 rings (SSSR count). The Morgan fingerprint density at radius 2 is 1.95 bits per heavy atom. The molecule has 0 amide bonds. The Morgan fingerprint density at radius 3 is 2.40 bits per heavy atom. The Balaban J connectivity index is 3.49.